The largest absolute Gasteiger partial charge is 0.481 e. The van der Waals surface area contributed by atoms with Crippen molar-refractivity contribution in [1.29, 1.82) is 0 Å². The summed E-state index contributed by atoms with van der Waals surface area (Å²) in [5.41, 5.74) is -0.417. The number of carboxylic acids is 1. The molecule has 3 aromatic rings. The number of aromatic nitrogens is 2. The van der Waals surface area contributed by atoms with Crippen LogP contribution in [0.4, 0.5) is 23.2 Å². The lowest BCUT2D eigenvalue weighted by Crippen LogP contribution is -2.41. The summed E-state index contributed by atoms with van der Waals surface area (Å²) >= 11 is 5.91. The van der Waals surface area contributed by atoms with Gasteiger partial charge < -0.3 is 26.4 Å². The molecule has 0 saturated heterocycles. The summed E-state index contributed by atoms with van der Waals surface area (Å²) in [7, 11) is 0. The van der Waals surface area contributed by atoms with E-state index in [1.807, 2.05) is 0 Å². The number of carboxylic acid groups (broad SMARTS) is 1. The number of halogens is 5. The molecule has 2 aromatic carbocycles. The lowest BCUT2D eigenvalue weighted by atomic mass is 10.0. The Morgan fingerprint density at radius 2 is 2.00 bits per heavy atom. The SMILES string of the molecule is O=C(O)C[C@H](NC(=O)CNC(=O)c1cc(NC2=NCC(F)CN2)c2cn[nH]c2c1)c1cccc(C(F)(F)F)c1Cl. The second-order valence-corrected chi connectivity index (χ2v) is 9.13. The van der Waals surface area contributed by atoms with Gasteiger partial charge in [0.25, 0.3) is 5.91 Å². The third-order valence-electron chi connectivity index (χ3n) is 5.85. The number of aliphatic imine (C=N–C) groups is 1. The van der Waals surface area contributed by atoms with Crippen LogP contribution < -0.4 is 21.3 Å². The lowest BCUT2D eigenvalue weighted by Gasteiger charge is -2.21. The average Bonchev–Trinajstić information content (AvgIpc) is 3.36. The quantitative estimate of drug-likeness (QED) is 0.222. The van der Waals surface area contributed by atoms with Gasteiger partial charge in [0.05, 0.1) is 60.1 Å². The molecule has 4 rings (SSSR count). The van der Waals surface area contributed by atoms with Gasteiger partial charge in [-0.15, -0.1) is 0 Å². The van der Waals surface area contributed by atoms with Crippen LogP contribution in [0.25, 0.3) is 10.9 Å². The Kier molecular flexibility index (Phi) is 8.42. The zero-order valence-electron chi connectivity index (χ0n) is 20.4. The number of nitrogens with zero attached hydrogens (tertiary/aromatic N) is 2. The monoisotopic (exact) mass is 583 g/mol. The Bertz CT molecular complexity index is 1480. The topological polar surface area (TPSA) is 161 Å². The van der Waals surface area contributed by atoms with Crippen LogP contribution in [0, 0.1) is 0 Å². The average molecular weight is 584 g/mol. The first kappa shape index (κ1) is 28.6. The maximum absolute atomic E-state index is 13.4. The van der Waals surface area contributed by atoms with E-state index < -0.39 is 59.7 Å². The fourth-order valence-corrected chi connectivity index (χ4v) is 4.34. The van der Waals surface area contributed by atoms with Crippen molar-refractivity contribution >= 4 is 51.9 Å². The molecular formula is C24H22ClF4N7O4. The van der Waals surface area contributed by atoms with Gasteiger partial charge in [0.1, 0.15) is 6.17 Å². The second-order valence-electron chi connectivity index (χ2n) is 8.75. The van der Waals surface area contributed by atoms with Crippen LogP contribution in [-0.4, -0.2) is 64.9 Å². The van der Waals surface area contributed by atoms with Crippen molar-refractivity contribution in [1.82, 2.24) is 26.1 Å². The molecule has 2 heterocycles. The maximum Gasteiger partial charge on any atom is 0.417 e. The van der Waals surface area contributed by atoms with Crippen LogP contribution in [0.1, 0.15) is 33.9 Å². The number of aliphatic carboxylic acids is 1. The molecule has 1 aromatic heterocycles. The lowest BCUT2D eigenvalue weighted by molar-refractivity contribution is -0.138. The number of hydrogen-bond donors (Lipinski definition) is 6. The Hall–Kier alpha value is -4.40. The number of H-pyrrole nitrogens is 1. The van der Waals surface area contributed by atoms with Gasteiger partial charge in [-0.3, -0.25) is 19.5 Å². The van der Waals surface area contributed by atoms with Gasteiger partial charge in [-0.2, -0.15) is 18.3 Å². The van der Waals surface area contributed by atoms with Gasteiger partial charge in [-0.05, 0) is 23.8 Å². The normalized spacial score (nSPS) is 16.0. The van der Waals surface area contributed by atoms with Crippen molar-refractivity contribution in [2.45, 2.75) is 24.8 Å². The van der Waals surface area contributed by atoms with Crippen molar-refractivity contribution in [2.75, 3.05) is 25.0 Å². The molecule has 2 atom stereocenters. The minimum atomic E-state index is -4.79. The molecule has 1 aliphatic heterocycles. The summed E-state index contributed by atoms with van der Waals surface area (Å²) in [6, 6.07) is 4.50. The van der Waals surface area contributed by atoms with Crippen LogP contribution in [0.15, 0.2) is 41.5 Å². The number of alkyl halides is 4. The van der Waals surface area contributed by atoms with Crippen LogP contribution in [0.3, 0.4) is 0 Å². The summed E-state index contributed by atoms with van der Waals surface area (Å²) in [6.07, 6.45) is -5.16. The van der Waals surface area contributed by atoms with Crippen molar-refractivity contribution in [2.24, 2.45) is 4.99 Å². The fourth-order valence-electron chi connectivity index (χ4n) is 3.97. The molecule has 0 fully saturated rings. The zero-order chi connectivity index (χ0) is 29.0. The van der Waals surface area contributed by atoms with Gasteiger partial charge in [-0.1, -0.05) is 23.7 Å². The Labute approximate surface area is 228 Å². The number of guanidine groups is 1. The van der Waals surface area contributed by atoms with E-state index in [4.69, 9.17) is 11.6 Å². The summed E-state index contributed by atoms with van der Waals surface area (Å²) in [5.74, 6) is -2.65. The van der Waals surface area contributed by atoms with Crippen molar-refractivity contribution in [3.63, 3.8) is 0 Å². The number of carbonyl (C=O) groups is 3. The zero-order valence-corrected chi connectivity index (χ0v) is 21.2. The van der Waals surface area contributed by atoms with Gasteiger partial charge in [0.15, 0.2) is 5.96 Å². The first-order valence-electron chi connectivity index (χ1n) is 11.7. The minimum Gasteiger partial charge on any atom is -0.481 e. The predicted molar refractivity (Wildman–Crippen MR) is 137 cm³/mol. The van der Waals surface area contributed by atoms with E-state index >= 15 is 0 Å². The molecule has 11 nitrogen and oxygen atoms in total. The van der Waals surface area contributed by atoms with Gasteiger partial charge in [0, 0.05) is 10.9 Å². The fraction of sp³-hybridized carbons (Fsp3) is 0.292. The summed E-state index contributed by atoms with van der Waals surface area (Å²) in [4.78, 5) is 40.9. The first-order chi connectivity index (χ1) is 18.9. The van der Waals surface area contributed by atoms with E-state index in [-0.39, 0.29) is 24.2 Å². The van der Waals surface area contributed by atoms with Crippen molar-refractivity contribution in [3.8, 4) is 0 Å². The molecule has 40 heavy (non-hydrogen) atoms. The van der Waals surface area contributed by atoms with Crippen LogP contribution in [0.5, 0.6) is 0 Å². The molecule has 1 unspecified atom stereocenters. The Morgan fingerprint density at radius 1 is 1.23 bits per heavy atom. The molecule has 0 aliphatic carbocycles. The Balaban J connectivity index is 1.47. The van der Waals surface area contributed by atoms with Crippen molar-refractivity contribution < 1.29 is 37.1 Å². The molecule has 1 aliphatic rings. The number of carbonyl (C=O) groups excluding carboxylic acids is 2. The predicted octanol–water partition coefficient (Wildman–Crippen LogP) is 3.01. The molecule has 0 saturated carbocycles. The number of hydrogen-bond acceptors (Lipinski definition) is 7. The first-order valence-corrected chi connectivity index (χ1v) is 12.1. The smallest absolute Gasteiger partial charge is 0.417 e. The number of benzene rings is 2. The number of aromatic amines is 1. The van der Waals surface area contributed by atoms with Gasteiger partial charge in [-0.25, -0.2) is 9.38 Å². The number of rotatable bonds is 8. The second kappa shape index (κ2) is 11.8. The highest BCUT2D eigenvalue weighted by Crippen LogP contribution is 2.38. The highest BCUT2D eigenvalue weighted by atomic mass is 35.5. The molecule has 2 amide bonds. The number of nitrogens with one attached hydrogen (secondary N) is 5. The molecule has 0 bridgehead atoms. The number of amides is 2. The molecule has 16 heteroatoms. The molecule has 212 valence electrons. The van der Waals surface area contributed by atoms with Gasteiger partial charge in [0.2, 0.25) is 5.91 Å². The van der Waals surface area contributed by atoms with E-state index in [2.05, 4.69) is 36.5 Å². The maximum atomic E-state index is 13.4. The van der Waals surface area contributed by atoms with E-state index in [0.717, 1.165) is 12.1 Å². The standard InChI is InChI=1S/C24H22ClF4N7O4/c25-21-13(2-1-3-15(21)24(27,28)29)17(6-20(38)39)34-19(37)10-30-22(40)11-4-16(14-9-33-36-18(14)5-11)35-23-31-7-12(26)8-32-23/h1-5,9,12,17H,6-8,10H2,(H,30,40)(H,33,36)(H,34,37)(H,38,39)(H2,31,32,35)/t17-/m0/s1. The molecule has 0 radical (unpaired) electrons. The van der Waals surface area contributed by atoms with Gasteiger partial charge >= 0.3 is 12.1 Å². The van der Waals surface area contributed by atoms with Crippen LogP contribution in [0.2, 0.25) is 5.02 Å². The number of fused-ring (bicyclic) bond motifs is 1. The van der Waals surface area contributed by atoms with E-state index in [9.17, 15) is 37.1 Å². The Morgan fingerprint density at radius 3 is 2.67 bits per heavy atom. The summed E-state index contributed by atoms with van der Waals surface area (Å²) in [5, 5.41) is 26.2. The van der Waals surface area contributed by atoms with E-state index in [0.29, 0.717) is 22.5 Å². The molecular weight excluding hydrogens is 562 g/mol. The van der Waals surface area contributed by atoms with Crippen LogP contribution >= 0.6 is 11.6 Å². The number of anilines is 1. The highest BCUT2D eigenvalue weighted by molar-refractivity contribution is 6.32. The van der Waals surface area contributed by atoms with Crippen LogP contribution in [-0.2, 0) is 15.8 Å². The minimum absolute atomic E-state index is 0.0340. The third-order valence-corrected chi connectivity index (χ3v) is 6.27. The molecule has 6 N–H and O–H groups in total. The molecule has 0 spiro atoms. The van der Waals surface area contributed by atoms with E-state index in [1.54, 1.807) is 0 Å². The third kappa shape index (κ3) is 6.77. The highest BCUT2D eigenvalue weighted by Gasteiger charge is 2.35. The summed E-state index contributed by atoms with van der Waals surface area (Å²) < 4.78 is 53.2. The van der Waals surface area contributed by atoms with Crippen molar-refractivity contribution in [3.05, 3.63) is 58.2 Å². The van der Waals surface area contributed by atoms with E-state index in [1.165, 1.54) is 24.4 Å². The summed E-state index contributed by atoms with van der Waals surface area (Å²) in [6.45, 7) is -0.598.